The van der Waals surface area contributed by atoms with Gasteiger partial charge in [0.1, 0.15) is 0 Å². The van der Waals surface area contributed by atoms with Gasteiger partial charge < -0.3 is 10.6 Å². The largest absolute Gasteiger partial charge is 0.381 e. The van der Waals surface area contributed by atoms with Gasteiger partial charge in [0.2, 0.25) is 0 Å². The number of benzene rings is 1. The van der Waals surface area contributed by atoms with Gasteiger partial charge in [0.05, 0.1) is 11.3 Å². The number of nitrogens with one attached hydrogen (secondary N) is 2. The summed E-state index contributed by atoms with van der Waals surface area (Å²) in [4.78, 5) is 16.9. The first kappa shape index (κ1) is 18.0. The Balaban J connectivity index is 2.23. The van der Waals surface area contributed by atoms with Gasteiger partial charge >= 0.3 is 0 Å². The summed E-state index contributed by atoms with van der Waals surface area (Å²) in [6.45, 7) is 10.5. The van der Waals surface area contributed by atoms with E-state index in [1.807, 2.05) is 25.1 Å². The second kappa shape index (κ2) is 7.95. The molecule has 128 valence electrons. The molecule has 2 N–H and O–H groups in total. The summed E-state index contributed by atoms with van der Waals surface area (Å²) in [5.41, 5.74) is 4.53. The lowest BCUT2D eigenvalue weighted by Gasteiger charge is -2.17. The van der Waals surface area contributed by atoms with Gasteiger partial charge in [-0.25, -0.2) is 0 Å². The lowest BCUT2D eigenvalue weighted by molar-refractivity contribution is 0.102. The van der Waals surface area contributed by atoms with E-state index in [1.54, 1.807) is 12.4 Å². The summed E-state index contributed by atoms with van der Waals surface area (Å²) in [6, 6.07) is 8.29. The molecule has 2 rings (SSSR count). The van der Waals surface area contributed by atoms with Crippen LogP contribution in [-0.2, 0) is 0 Å². The molecule has 24 heavy (non-hydrogen) atoms. The zero-order valence-electron chi connectivity index (χ0n) is 15.2. The predicted octanol–water partition coefficient (Wildman–Crippen LogP) is 4.98. The van der Waals surface area contributed by atoms with Crippen LogP contribution in [0.2, 0.25) is 0 Å². The van der Waals surface area contributed by atoms with Crippen molar-refractivity contribution in [2.45, 2.75) is 53.0 Å². The van der Waals surface area contributed by atoms with Crippen LogP contribution in [0.3, 0.4) is 0 Å². The summed E-state index contributed by atoms with van der Waals surface area (Å²) in [5.74, 6) is 0.211. The van der Waals surface area contributed by atoms with Gasteiger partial charge in [-0.1, -0.05) is 39.0 Å². The number of hydrogen-bond donors (Lipinski definition) is 2. The normalized spacial score (nSPS) is 12.1. The Bertz CT molecular complexity index is 710. The van der Waals surface area contributed by atoms with Crippen LogP contribution in [0.4, 0.5) is 11.4 Å². The van der Waals surface area contributed by atoms with E-state index < -0.39 is 0 Å². The summed E-state index contributed by atoms with van der Waals surface area (Å²) in [5, 5.41) is 6.41. The van der Waals surface area contributed by atoms with E-state index in [9.17, 15) is 4.79 Å². The van der Waals surface area contributed by atoms with Crippen LogP contribution < -0.4 is 10.6 Å². The van der Waals surface area contributed by atoms with Crippen LogP contribution in [0.15, 0.2) is 36.7 Å². The van der Waals surface area contributed by atoms with Crippen molar-refractivity contribution in [3.8, 4) is 0 Å². The van der Waals surface area contributed by atoms with Crippen molar-refractivity contribution in [3.63, 3.8) is 0 Å². The molecule has 0 aliphatic carbocycles. The number of amides is 1. The number of pyridine rings is 1. The molecule has 1 unspecified atom stereocenters. The maximum atomic E-state index is 12.7. The highest BCUT2D eigenvalue weighted by atomic mass is 16.1. The Labute approximate surface area is 144 Å². The highest BCUT2D eigenvalue weighted by molar-refractivity contribution is 6.05. The number of rotatable bonds is 6. The molecule has 0 saturated carbocycles. The van der Waals surface area contributed by atoms with E-state index >= 15 is 0 Å². The summed E-state index contributed by atoms with van der Waals surface area (Å²) >= 11 is 0. The minimum atomic E-state index is -0.133. The molecule has 0 spiro atoms. The third kappa shape index (κ3) is 4.34. The van der Waals surface area contributed by atoms with Crippen molar-refractivity contribution >= 4 is 17.3 Å². The zero-order valence-corrected chi connectivity index (χ0v) is 15.2. The molecule has 4 heteroatoms. The molecule has 0 fully saturated rings. The third-order valence-corrected chi connectivity index (χ3v) is 4.19. The maximum absolute atomic E-state index is 12.7. The van der Waals surface area contributed by atoms with E-state index in [0.29, 0.717) is 17.5 Å². The number of nitrogens with zero attached hydrogens (tertiary/aromatic N) is 1. The number of carbonyl (C=O) groups excluding carboxylic acids is 1. The van der Waals surface area contributed by atoms with E-state index in [4.69, 9.17) is 0 Å². The monoisotopic (exact) mass is 325 g/mol. The van der Waals surface area contributed by atoms with Gasteiger partial charge in [0, 0.05) is 24.1 Å². The van der Waals surface area contributed by atoms with E-state index in [0.717, 1.165) is 28.9 Å². The number of anilines is 2. The Morgan fingerprint density at radius 1 is 1.21 bits per heavy atom. The first-order valence-electron chi connectivity index (χ1n) is 8.54. The lowest BCUT2D eigenvalue weighted by atomic mass is 9.98. The summed E-state index contributed by atoms with van der Waals surface area (Å²) in [7, 11) is 0. The molecule has 1 aromatic heterocycles. The van der Waals surface area contributed by atoms with Crippen LogP contribution in [0.1, 0.15) is 61.5 Å². The fourth-order valence-electron chi connectivity index (χ4n) is 2.56. The zero-order chi connectivity index (χ0) is 17.7. The molecular weight excluding hydrogens is 298 g/mol. The van der Waals surface area contributed by atoms with Gasteiger partial charge in [-0.2, -0.15) is 0 Å². The SMILES string of the molecule is CCC(C)Nc1cncc(C(=O)Nc2c(C)cccc2C(C)C)c1. The number of carbonyl (C=O) groups is 1. The van der Waals surface area contributed by atoms with Gasteiger partial charge in [-0.05, 0) is 43.4 Å². The molecule has 1 aromatic carbocycles. The molecule has 0 bridgehead atoms. The van der Waals surface area contributed by atoms with Gasteiger partial charge in [0.25, 0.3) is 5.91 Å². The topological polar surface area (TPSA) is 54.0 Å². The highest BCUT2D eigenvalue weighted by Gasteiger charge is 2.14. The fourth-order valence-corrected chi connectivity index (χ4v) is 2.56. The average Bonchev–Trinajstić information content (AvgIpc) is 2.56. The van der Waals surface area contributed by atoms with Gasteiger partial charge in [0.15, 0.2) is 0 Å². The third-order valence-electron chi connectivity index (χ3n) is 4.19. The molecule has 1 amide bonds. The molecule has 0 saturated heterocycles. The summed E-state index contributed by atoms with van der Waals surface area (Å²) < 4.78 is 0. The van der Waals surface area contributed by atoms with Crippen LogP contribution in [0.5, 0.6) is 0 Å². The van der Waals surface area contributed by atoms with E-state index in [2.05, 4.69) is 49.4 Å². The number of para-hydroxylation sites is 1. The molecular formula is C20H27N3O. The first-order chi connectivity index (χ1) is 11.4. The van der Waals surface area contributed by atoms with Crippen LogP contribution >= 0.6 is 0 Å². The number of aryl methyl sites for hydroxylation is 1. The van der Waals surface area contributed by atoms with Crippen molar-refractivity contribution in [3.05, 3.63) is 53.3 Å². The molecule has 2 aromatic rings. The smallest absolute Gasteiger partial charge is 0.257 e. The predicted molar refractivity (Wildman–Crippen MR) is 101 cm³/mol. The highest BCUT2D eigenvalue weighted by Crippen LogP contribution is 2.28. The summed E-state index contributed by atoms with van der Waals surface area (Å²) in [6.07, 6.45) is 4.36. The molecule has 0 radical (unpaired) electrons. The van der Waals surface area contributed by atoms with E-state index in [1.165, 1.54) is 0 Å². The van der Waals surface area contributed by atoms with Crippen molar-refractivity contribution in [2.24, 2.45) is 0 Å². The van der Waals surface area contributed by atoms with Crippen molar-refractivity contribution in [1.82, 2.24) is 4.98 Å². The standard InChI is InChI=1S/C20H27N3O/c1-6-15(5)22-17-10-16(11-21-12-17)20(24)23-19-14(4)8-7-9-18(19)13(2)3/h7-13,15,22H,6H2,1-5H3,(H,23,24). The van der Waals surface area contributed by atoms with Crippen LogP contribution in [0.25, 0.3) is 0 Å². The molecule has 1 heterocycles. The van der Waals surface area contributed by atoms with E-state index in [-0.39, 0.29) is 5.91 Å². The second-order valence-corrected chi connectivity index (χ2v) is 6.56. The average molecular weight is 325 g/mol. The Hall–Kier alpha value is -2.36. The van der Waals surface area contributed by atoms with Crippen LogP contribution in [-0.4, -0.2) is 16.9 Å². The Morgan fingerprint density at radius 3 is 2.62 bits per heavy atom. The molecule has 0 aliphatic rings. The minimum Gasteiger partial charge on any atom is -0.381 e. The van der Waals surface area contributed by atoms with Crippen molar-refractivity contribution < 1.29 is 4.79 Å². The minimum absolute atomic E-state index is 0.133. The Morgan fingerprint density at radius 2 is 1.96 bits per heavy atom. The maximum Gasteiger partial charge on any atom is 0.257 e. The molecule has 4 nitrogen and oxygen atoms in total. The van der Waals surface area contributed by atoms with Gasteiger partial charge in [-0.3, -0.25) is 9.78 Å². The van der Waals surface area contributed by atoms with Crippen LogP contribution in [0, 0.1) is 6.92 Å². The fraction of sp³-hybridized carbons (Fsp3) is 0.400. The first-order valence-corrected chi connectivity index (χ1v) is 8.54. The second-order valence-electron chi connectivity index (χ2n) is 6.56. The molecule has 1 atom stereocenters. The lowest BCUT2D eigenvalue weighted by Crippen LogP contribution is -2.17. The number of hydrogen-bond acceptors (Lipinski definition) is 3. The quantitative estimate of drug-likeness (QED) is 0.788. The van der Waals surface area contributed by atoms with Crippen molar-refractivity contribution in [1.29, 1.82) is 0 Å². The number of aromatic nitrogens is 1. The molecule has 0 aliphatic heterocycles. The Kier molecular flexibility index (Phi) is 5.96. The van der Waals surface area contributed by atoms with Crippen molar-refractivity contribution in [2.75, 3.05) is 10.6 Å². The van der Waals surface area contributed by atoms with Gasteiger partial charge in [-0.15, -0.1) is 0 Å².